The van der Waals surface area contributed by atoms with Crippen molar-refractivity contribution in [3.8, 4) is 11.1 Å². The Morgan fingerprint density at radius 3 is 2.67 bits per heavy atom. The molecule has 4 heteroatoms. The molecule has 2 aromatic carbocycles. The van der Waals surface area contributed by atoms with Gasteiger partial charge < -0.3 is 10.6 Å². The molecular formula is C20H20FN3. The summed E-state index contributed by atoms with van der Waals surface area (Å²) in [6.07, 6.45) is 4.15. The SMILES string of the molecule is Cc1cccc(F)c1-c1cc(N2CCCC2)c2cc(N)ncc2c1. The second kappa shape index (κ2) is 5.78. The largest absolute Gasteiger partial charge is 0.384 e. The number of hydrogen-bond acceptors (Lipinski definition) is 3. The summed E-state index contributed by atoms with van der Waals surface area (Å²) in [5.74, 6) is 0.322. The van der Waals surface area contributed by atoms with Gasteiger partial charge in [0, 0.05) is 41.3 Å². The molecule has 1 saturated heterocycles. The summed E-state index contributed by atoms with van der Waals surface area (Å²) in [7, 11) is 0. The van der Waals surface area contributed by atoms with Crippen LogP contribution in [-0.2, 0) is 0 Å². The maximum absolute atomic E-state index is 14.5. The molecule has 4 rings (SSSR count). The van der Waals surface area contributed by atoms with Crippen molar-refractivity contribution >= 4 is 22.3 Å². The number of pyridine rings is 1. The molecule has 0 radical (unpaired) electrons. The minimum absolute atomic E-state index is 0.190. The highest BCUT2D eigenvalue weighted by atomic mass is 19.1. The van der Waals surface area contributed by atoms with E-state index in [4.69, 9.17) is 5.73 Å². The smallest absolute Gasteiger partial charge is 0.131 e. The molecule has 0 atom stereocenters. The van der Waals surface area contributed by atoms with Gasteiger partial charge in [-0.05, 0) is 55.2 Å². The lowest BCUT2D eigenvalue weighted by Gasteiger charge is -2.22. The second-order valence-electron chi connectivity index (χ2n) is 6.45. The van der Waals surface area contributed by atoms with Crippen LogP contribution in [0.25, 0.3) is 21.9 Å². The molecule has 122 valence electrons. The second-order valence-corrected chi connectivity index (χ2v) is 6.45. The molecule has 2 heterocycles. The van der Waals surface area contributed by atoms with Crippen LogP contribution in [0.1, 0.15) is 18.4 Å². The third-order valence-corrected chi connectivity index (χ3v) is 4.79. The van der Waals surface area contributed by atoms with Crippen molar-refractivity contribution in [3.05, 3.63) is 54.0 Å². The van der Waals surface area contributed by atoms with Gasteiger partial charge in [0.1, 0.15) is 11.6 Å². The number of nitrogens with two attached hydrogens (primary N) is 1. The molecule has 0 aliphatic carbocycles. The fourth-order valence-corrected chi connectivity index (χ4v) is 3.61. The van der Waals surface area contributed by atoms with Crippen molar-refractivity contribution in [3.63, 3.8) is 0 Å². The van der Waals surface area contributed by atoms with Crippen molar-refractivity contribution in [2.75, 3.05) is 23.7 Å². The number of aryl methyl sites for hydroxylation is 1. The normalized spacial score (nSPS) is 14.5. The zero-order valence-electron chi connectivity index (χ0n) is 13.7. The molecular weight excluding hydrogens is 301 g/mol. The van der Waals surface area contributed by atoms with Gasteiger partial charge in [-0.2, -0.15) is 0 Å². The molecule has 1 aliphatic rings. The van der Waals surface area contributed by atoms with Crippen LogP contribution in [-0.4, -0.2) is 18.1 Å². The maximum atomic E-state index is 14.5. The zero-order valence-corrected chi connectivity index (χ0v) is 13.7. The lowest BCUT2D eigenvalue weighted by atomic mass is 9.96. The van der Waals surface area contributed by atoms with Gasteiger partial charge in [-0.25, -0.2) is 9.37 Å². The number of fused-ring (bicyclic) bond motifs is 1. The van der Waals surface area contributed by atoms with Crippen LogP contribution in [0.5, 0.6) is 0 Å². The van der Waals surface area contributed by atoms with Crippen LogP contribution in [0, 0.1) is 12.7 Å². The third-order valence-electron chi connectivity index (χ3n) is 4.79. The molecule has 0 unspecified atom stereocenters. The Labute approximate surface area is 140 Å². The first-order valence-corrected chi connectivity index (χ1v) is 8.33. The predicted octanol–water partition coefficient (Wildman–Crippen LogP) is 4.53. The Hall–Kier alpha value is -2.62. The summed E-state index contributed by atoms with van der Waals surface area (Å²) in [6.45, 7) is 3.99. The van der Waals surface area contributed by atoms with E-state index < -0.39 is 0 Å². The zero-order chi connectivity index (χ0) is 16.7. The highest BCUT2D eigenvalue weighted by molar-refractivity contribution is 5.99. The summed E-state index contributed by atoms with van der Waals surface area (Å²) in [4.78, 5) is 6.58. The van der Waals surface area contributed by atoms with Gasteiger partial charge in [0.15, 0.2) is 0 Å². The van der Waals surface area contributed by atoms with Crippen molar-refractivity contribution in [1.29, 1.82) is 0 Å². The Balaban J connectivity index is 1.99. The number of hydrogen-bond donors (Lipinski definition) is 1. The van der Waals surface area contributed by atoms with E-state index in [0.717, 1.165) is 40.7 Å². The average Bonchev–Trinajstić information content (AvgIpc) is 3.08. The standard InChI is InChI=1S/C20H20FN3/c1-13-5-4-6-17(21)20(13)14-9-15-12-23-19(22)11-16(15)18(10-14)24-7-2-3-8-24/h4-6,9-12H,2-3,7-8H2,1H3,(H2,22,23). The van der Waals surface area contributed by atoms with E-state index in [1.54, 1.807) is 12.3 Å². The summed E-state index contributed by atoms with van der Waals surface area (Å²) < 4.78 is 14.5. The number of nitrogens with zero attached hydrogens (tertiary/aromatic N) is 2. The predicted molar refractivity (Wildman–Crippen MR) is 97.7 cm³/mol. The molecule has 24 heavy (non-hydrogen) atoms. The number of rotatable bonds is 2. The van der Waals surface area contributed by atoms with Gasteiger partial charge in [-0.3, -0.25) is 0 Å². The Morgan fingerprint density at radius 2 is 1.92 bits per heavy atom. The molecule has 1 aliphatic heterocycles. The van der Waals surface area contributed by atoms with Crippen molar-refractivity contribution in [2.45, 2.75) is 19.8 Å². The molecule has 0 bridgehead atoms. The third kappa shape index (κ3) is 2.48. The molecule has 1 aromatic heterocycles. The molecule has 3 aromatic rings. The summed E-state index contributed by atoms with van der Waals surface area (Å²) in [5, 5.41) is 2.08. The highest BCUT2D eigenvalue weighted by Crippen LogP contribution is 2.37. The monoisotopic (exact) mass is 321 g/mol. The molecule has 2 N–H and O–H groups in total. The fourth-order valence-electron chi connectivity index (χ4n) is 3.61. The molecule has 0 amide bonds. The van der Waals surface area contributed by atoms with Crippen LogP contribution < -0.4 is 10.6 Å². The van der Waals surface area contributed by atoms with E-state index >= 15 is 0 Å². The van der Waals surface area contributed by atoms with E-state index in [9.17, 15) is 4.39 Å². The maximum Gasteiger partial charge on any atom is 0.131 e. The number of anilines is 2. The number of nitrogen functional groups attached to an aromatic ring is 1. The Kier molecular flexibility index (Phi) is 3.60. The molecule has 0 saturated carbocycles. The molecule has 1 fully saturated rings. The topological polar surface area (TPSA) is 42.1 Å². The van der Waals surface area contributed by atoms with Gasteiger partial charge in [0.25, 0.3) is 0 Å². The average molecular weight is 321 g/mol. The van der Waals surface area contributed by atoms with Crippen LogP contribution in [0.2, 0.25) is 0 Å². The number of halogens is 1. The highest BCUT2D eigenvalue weighted by Gasteiger charge is 2.18. The first kappa shape index (κ1) is 14.9. The Morgan fingerprint density at radius 1 is 1.12 bits per heavy atom. The fraction of sp³-hybridized carbons (Fsp3) is 0.250. The minimum atomic E-state index is -0.190. The Bertz CT molecular complexity index is 894. The van der Waals surface area contributed by atoms with Crippen molar-refractivity contribution < 1.29 is 4.39 Å². The van der Waals surface area contributed by atoms with Gasteiger partial charge >= 0.3 is 0 Å². The number of benzene rings is 2. The van der Waals surface area contributed by atoms with E-state index in [1.807, 2.05) is 25.1 Å². The van der Waals surface area contributed by atoms with E-state index in [0.29, 0.717) is 11.4 Å². The quantitative estimate of drug-likeness (QED) is 0.754. The van der Waals surface area contributed by atoms with Crippen LogP contribution in [0.3, 0.4) is 0 Å². The lowest BCUT2D eigenvalue weighted by molar-refractivity contribution is 0.630. The summed E-state index contributed by atoms with van der Waals surface area (Å²) >= 11 is 0. The van der Waals surface area contributed by atoms with Crippen molar-refractivity contribution in [2.24, 2.45) is 0 Å². The van der Waals surface area contributed by atoms with Gasteiger partial charge in [0.2, 0.25) is 0 Å². The van der Waals surface area contributed by atoms with Crippen molar-refractivity contribution in [1.82, 2.24) is 4.98 Å². The molecule has 3 nitrogen and oxygen atoms in total. The van der Waals surface area contributed by atoms with E-state index in [-0.39, 0.29) is 5.82 Å². The van der Waals surface area contributed by atoms with Gasteiger partial charge in [-0.15, -0.1) is 0 Å². The van der Waals surface area contributed by atoms with Gasteiger partial charge in [0.05, 0.1) is 0 Å². The van der Waals surface area contributed by atoms with Crippen LogP contribution in [0.4, 0.5) is 15.9 Å². The summed E-state index contributed by atoms with van der Waals surface area (Å²) in [6, 6.07) is 11.2. The number of aromatic nitrogens is 1. The van der Waals surface area contributed by atoms with Crippen LogP contribution in [0.15, 0.2) is 42.6 Å². The minimum Gasteiger partial charge on any atom is -0.384 e. The van der Waals surface area contributed by atoms with Crippen LogP contribution >= 0.6 is 0 Å². The first-order valence-electron chi connectivity index (χ1n) is 8.33. The lowest BCUT2D eigenvalue weighted by Crippen LogP contribution is -2.18. The summed E-state index contributed by atoms with van der Waals surface area (Å²) in [5.41, 5.74) is 9.52. The first-order chi connectivity index (χ1) is 11.6. The van der Waals surface area contributed by atoms with Gasteiger partial charge in [-0.1, -0.05) is 12.1 Å². The van der Waals surface area contributed by atoms with E-state index in [1.165, 1.54) is 18.9 Å². The molecule has 0 spiro atoms. The van der Waals surface area contributed by atoms with E-state index in [2.05, 4.69) is 16.0 Å².